The van der Waals surface area contributed by atoms with Crippen molar-refractivity contribution in [1.82, 2.24) is 10.2 Å². The molecule has 0 aliphatic rings. The molecule has 4 nitrogen and oxygen atoms in total. The molecule has 0 aliphatic heterocycles. The van der Waals surface area contributed by atoms with E-state index in [1.165, 1.54) is 11.8 Å². The second-order valence-corrected chi connectivity index (χ2v) is 5.83. The van der Waals surface area contributed by atoms with Crippen LogP contribution in [0.5, 0.6) is 0 Å². The molecule has 5 heteroatoms. The third-order valence-electron chi connectivity index (χ3n) is 2.75. The number of amides is 1. The van der Waals surface area contributed by atoms with Crippen LogP contribution in [-0.4, -0.2) is 55.3 Å². The van der Waals surface area contributed by atoms with E-state index in [0.29, 0.717) is 6.42 Å². The van der Waals surface area contributed by atoms with Crippen molar-refractivity contribution in [2.24, 2.45) is 0 Å². The van der Waals surface area contributed by atoms with Gasteiger partial charge in [0.1, 0.15) is 6.29 Å². The highest BCUT2D eigenvalue weighted by atomic mass is 32.2. The highest BCUT2D eigenvalue weighted by Gasteiger charge is 2.15. The van der Waals surface area contributed by atoms with Crippen LogP contribution < -0.4 is 5.32 Å². The zero-order valence-electron chi connectivity index (χ0n) is 11.8. The number of thioether (sulfide) groups is 1. The molecule has 0 heterocycles. The van der Waals surface area contributed by atoms with Crippen LogP contribution in [0.4, 0.5) is 0 Å². The molecule has 0 aromatic rings. The maximum atomic E-state index is 11.8. The van der Waals surface area contributed by atoms with Crippen molar-refractivity contribution in [2.75, 3.05) is 32.9 Å². The fourth-order valence-corrected chi connectivity index (χ4v) is 2.41. The van der Waals surface area contributed by atoms with Gasteiger partial charge in [-0.1, -0.05) is 13.3 Å². The number of carbonyl (C=O) groups is 2. The summed E-state index contributed by atoms with van der Waals surface area (Å²) >= 11 is 1.53. The predicted octanol–water partition coefficient (Wildman–Crippen LogP) is 1.55. The van der Waals surface area contributed by atoms with Crippen LogP contribution in [0.2, 0.25) is 0 Å². The Morgan fingerprint density at radius 1 is 1.39 bits per heavy atom. The van der Waals surface area contributed by atoms with E-state index in [9.17, 15) is 9.59 Å². The molecule has 0 aromatic carbocycles. The number of hydrogen-bond acceptors (Lipinski definition) is 4. The smallest absolute Gasteiger partial charge is 0.223 e. The molecular weight excluding hydrogens is 248 g/mol. The van der Waals surface area contributed by atoms with E-state index >= 15 is 0 Å². The number of rotatable bonds is 11. The summed E-state index contributed by atoms with van der Waals surface area (Å²) in [5.41, 5.74) is 0. The number of nitrogens with one attached hydrogen (secondary N) is 1. The summed E-state index contributed by atoms with van der Waals surface area (Å²) < 4.78 is 0. The molecule has 0 radical (unpaired) electrons. The van der Waals surface area contributed by atoms with Crippen molar-refractivity contribution in [2.45, 2.75) is 37.9 Å². The van der Waals surface area contributed by atoms with E-state index in [2.05, 4.69) is 5.32 Å². The quantitative estimate of drug-likeness (QED) is 0.459. The van der Waals surface area contributed by atoms with Crippen LogP contribution >= 0.6 is 11.8 Å². The lowest BCUT2D eigenvalue weighted by atomic mass is 10.2. The Morgan fingerprint density at radius 2 is 2.11 bits per heavy atom. The van der Waals surface area contributed by atoms with Crippen molar-refractivity contribution in [1.29, 1.82) is 0 Å². The summed E-state index contributed by atoms with van der Waals surface area (Å²) in [5.74, 6) is 0.936. The molecule has 0 fully saturated rings. The Labute approximate surface area is 115 Å². The minimum absolute atomic E-state index is 0.0710. The van der Waals surface area contributed by atoms with Gasteiger partial charge in [-0.2, -0.15) is 11.8 Å². The van der Waals surface area contributed by atoms with E-state index < -0.39 is 0 Å². The Balaban J connectivity index is 3.77. The maximum Gasteiger partial charge on any atom is 0.223 e. The monoisotopic (exact) mass is 274 g/mol. The Bertz CT molecular complexity index is 237. The third kappa shape index (κ3) is 8.53. The van der Waals surface area contributed by atoms with Gasteiger partial charge in [0.25, 0.3) is 0 Å². The molecule has 1 unspecified atom stereocenters. The van der Waals surface area contributed by atoms with Crippen molar-refractivity contribution in [3.63, 3.8) is 0 Å². The summed E-state index contributed by atoms with van der Waals surface area (Å²) in [6.45, 7) is 3.81. The molecule has 0 spiro atoms. The van der Waals surface area contributed by atoms with Gasteiger partial charge in [-0.05, 0) is 32.2 Å². The lowest BCUT2D eigenvalue weighted by molar-refractivity contribution is -0.130. The molecule has 1 atom stereocenters. The molecule has 18 heavy (non-hydrogen) atoms. The van der Waals surface area contributed by atoms with E-state index in [1.807, 2.05) is 21.0 Å². The summed E-state index contributed by atoms with van der Waals surface area (Å²) in [6, 6.07) is 0. The van der Waals surface area contributed by atoms with Gasteiger partial charge in [-0.15, -0.1) is 0 Å². The molecule has 0 saturated heterocycles. The van der Waals surface area contributed by atoms with E-state index in [4.69, 9.17) is 0 Å². The standard InChI is InChI=1S/C13H26N2O2S/c1-4-18-12(11-16)10-13(17)15(3)9-7-5-6-8-14-2/h11-12,14H,4-10H2,1-3H3. The largest absolute Gasteiger partial charge is 0.346 e. The molecule has 0 bridgehead atoms. The molecule has 1 N–H and O–H groups in total. The first-order valence-electron chi connectivity index (χ1n) is 6.61. The first-order valence-corrected chi connectivity index (χ1v) is 7.66. The maximum absolute atomic E-state index is 11.8. The second kappa shape index (κ2) is 11.5. The Morgan fingerprint density at radius 3 is 2.67 bits per heavy atom. The molecule has 0 saturated carbocycles. The average Bonchev–Trinajstić information content (AvgIpc) is 2.37. The SMILES string of the molecule is CCSC(C=O)CC(=O)N(C)CCCCCNC. The molecule has 1 amide bonds. The van der Waals surface area contributed by atoms with E-state index in [0.717, 1.165) is 44.4 Å². The van der Waals surface area contributed by atoms with Gasteiger partial charge in [0.2, 0.25) is 5.91 Å². The van der Waals surface area contributed by atoms with Crippen LogP contribution in [0.15, 0.2) is 0 Å². The summed E-state index contributed by atoms with van der Waals surface area (Å²) in [7, 11) is 3.76. The predicted molar refractivity (Wildman–Crippen MR) is 78.0 cm³/mol. The van der Waals surface area contributed by atoms with Gasteiger partial charge in [-0.25, -0.2) is 0 Å². The van der Waals surface area contributed by atoms with Gasteiger partial charge in [0, 0.05) is 20.0 Å². The second-order valence-electron chi connectivity index (χ2n) is 4.31. The number of nitrogens with zero attached hydrogens (tertiary/aromatic N) is 1. The van der Waals surface area contributed by atoms with Crippen LogP contribution in [-0.2, 0) is 9.59 Å². The van der Waals surface area contributed by atoms with Gasteiger partial charge in [-0.3, -0.25) is 4.79 Å². The summed E-state index contributed by atoms with van der Waals surface area (Å²) in [4.78, 5) is 24.4. The zero-order chi connectivity index (χ0) is 13.8. The molecule has 0 rings (SSSR count). The van der Waals surface area contributed by atoms with Crippen LogP contribution in [0.3, 0.4) is 0 Å². The van der Waals surface area contributed by atoms with Crippen LogP contribution in [0.25, 0.3) is 0 Å². The van der Waals surface area contributed by atoms with Crippen molar-refractivity contribution >= 4 is 24.0 Å². The first kappa shape index (κ1) is 17.4. The molecule has 106 valence electrons. The molecule has 0 aromatic heterocycles. The highest BCUT2D eigenvalue weighted by molar-refractivity contribution is 8.00. The van der Waals surface area contributed by atoms with Crippen LogP contribution in [0.1, 0.15) is 32.6 Å². The van der Waals surface area contributed by atoms with Gasteiger partial charge < -0.3 is 15.0 Å². The number of carbonyl (C=O) groups excluding carboxylic acids is 2. The molecular formula is C13H26N2O2S. The minimum atomic E-state index is -0.186. The highest BCUT2D eigenvalue weighted by Crippen LogP contribution is 2.13. The topological polar surface area (TPSA) is 49.4 Å². The van der Waals surface area contributed by atoms with Crippen molar-refractivity contribution < 1.29 is 9.59 Å². The Kier molecular flexibility index (Phi) is 11.2. The normalized spacial score (nSPS) is 12.2. The number of hydrogen-bond donors (Lipinski definition) is 1. The zero-order valence-corrected chi connectivity index (χ0v) is 12.6. The molecule has 0 aliphatic carbocycles. The lowest BCUT2D eigenvalue weighted by Gasteiger charge is -2.18. The summed E-state index contributed by atoms with van der Waals surface area (Å²) in [5, 5.41) is 2.92. The van der Waals surface area contributed by atoms with Gasteiger partial charge in [0.15, 0.2) is 0 Å². The van der Waals surface area contributed by atoms with Crippen LogP contribution in [0, 0.1) is 0 Å². The first-order chi connectivity index (χ1) is 8.65. The average molecular weight is 274 g/mol. The van der Waals surface area contributed by atoms with Gasteiger partial charge in [0.05, 0.1) is 5.25 Å². The number of unbranched alkanes of at least 4 members (excludes halogenated alkanes) is 2. The lowest BCUT2D eigenvalue weighted by Crippen LogP contribution is -2.30. The third-order valence-corrected chi connectivity index (χ3v) is 3.79. The minimum Gasteiger partial charge on any atom is -0.346 e. The van der Waals surface area contributed by atoms with Crippen molar-refractivity contribution in [3.8, 4) is 0 Å². The fourth-order valence-electron chi connectivity index (χ4n) is 1.64. The number of aldehydes is 1. The van der Waals surface area contributed by atoms with Gasteiger partial charge >= 0.3 is 0 Å². The van der Waals surface area contributed by atoms with E-state index in [-0.39, 0.29) is 11.2 Å². The van der Waals surface area contributed by atoms with E-state index in [1.54, 1.807) is 4.90 Å². The fraction of sp³-hybridized carbons (Fsp3) is 0.846. The summed E-state index contributed by atoms with van der Waals surface area (Å²) in [6.07, 6.45) is 4.50. The Hall–Kier alpha value is -0.550. The van der Waals surface area contributed by atoms with Crippen molar-refractivity contribution in [3.05, 3.63) is 0 Å².